The van der Waals surface area contributed by atoms with Crippen molar-refractivity contribution in [1.82, 2.24) is 20.4 Å². The number of nitrogens with zero attached hydrogens (tertiary/aromatic N) is 2. The lowest BCUT2D eigenvalue weighted by Crippen LogP contribution is -2.38. The number of nitrogens with one attached hydrogen (secondary N) is 2. The van der Waals surface area contributed by atoms with Crippen molar-refractivity contribution in [2.24, 2.45) is 10.8 Å². The number of para-hydroxylation sites is 2. The number of amides is 1. The fourth-order valence-electron chi connectivity index (χ4n) is 4.37. The Balaban J connectivity index is 0.00000210. The van der Waals surface area contributed by atoms with E-state index >= 15 is 0 Å². The second-order valence-corrected chi connectivity index (χ2v) is 7.69. The summed E-state index contributed by atoms with van der Waals surface area (Å²) in [6.07, 6.45) is 6.94. The van der Waals surface area contributed by atoms with Crippen LogP contribution >= 0.6 is 12.4 Å². The first-order chi connectivity index (χ1) is 12.6. The summed E-state index contributed by atoms with van der Waals surface area (Å²) < 4.78 is 7.17. The maximum Gasteiger partial charge on any atom is 0.226 e. The lowest BCUT2D eigenvalue weighted by molar-refractivity contribution is -0.127. The molecule has 146 valence electrons. The van der Waals surface area contributed by atoms with Crippen LogP contribution < -0.4 is 15.4 Å². The van der Waals surface area contributed by atoms with Crippen LogP contribution in [-0.2, 0) is 11.3 Å². The van der Waals surface area contributed by atoms with Gasteiger partial charge in [-0.1, -0.05) is 19.1 Å². The number of aromatic nitrogens is 2. The van der Waals surface area contributed by atoms with Gasteiger partial charge in [0.15, 0.2) is 0 Å². The molecule has 1 aromatic carbocycles. The molecule has 2 aliphatic rings. The van der Waals surface area contributed by atoms with Crippen LogP contribution in [0.15, 0.2) is 36.7 Å². The van der Waals surface area contributed by atoms with Crippen LogP contribution in [0.1, 0.15) is 31.7 Å². The first kappa shape index (κ1) is 19.7. The Bertz CT molecular complexity index is 816. The molecule has 1 unspecified atom stereocenters. The summed E-state index contributed by atoms with van der Waals surface area (Å²) in [5, 5.41) is 10.9. The maximum absolute atomic E-state index is 12.8. The van der Waals surface area contributed by atoms with Crippen molar-refractivity contribution in [2.75, 3.05) is 20.2 Å². The molecule has 1 saturated heterocycles. The summed E-state index contributed by atoms with van der Waals surface area (Å²) in [6, 6.07) is 7.75. The van der Waals surface area contributed by atoms with E-state index in [0.717, 1.165) is 49.4 Å². The largest absolute Gasteiger partial charge is 0.494 e. The average molecular weight is 391 g/mol. The Morgan fingerprint density at radius 1 is 1.33 bits per heavy atom. The zero-order chi connectivity index (χ0) is 18.2. The minimum absolute atomic E-state index is 0. The first-order valence-corrected chi connectivity index (χ1v) is 9.24. The van der Waals surface area contributed by atoms with Crippen LogP contribution in [-0.4, -0.2) is 35.9 Å². The molecule has 0 bridgehead atoms. The third-order valence-electron chi connectivity index (χ3n) is 6.22. The number of ether oxygens (including phenoxy) is 1. The molecule has 1 atom stereocenters. The predicted octanol–water partition coefficient (Wildman–Crippen LogP) is 2.70. The SMILES string of the molecule is COc1ccccc1-n1cc(CNC(=O)C2(C)CC23CCNCC3)cn1.Cl. The van der Waals surface area contributed by atoms with Crippen LogP contribution in [0.2, 0.25) is 0 Å². The van der Waals surface area contributed by atoms with Crippen molar-refractivity contribution < 1.29 is 9.53 Å². The molecule has 1 saturated carbocycles. The zero-order valence-electron chi connectivity index (χ0n) is 15.8. The lowest BCUT2D eigenvalue weighted by atomic mass is 9.85. The third-order valence-corrected chi connectivity index (χ3v) is 6.22. The Morgan fingerprint density at radius 2 is 2.07 bits per heavy atom. The van der Waals surface area contributed by atoms with Crippen molar-refractivity contribution in [3.05, 3.63) is 42.2 Å². The number of benzene rings is 1. The topological polar surface area (TPSA) is 68.2 Å². The number of methoxy groups -OCH3 is 1. The molecule has 27 heavy (non-hydrogen) atoms. The highest BCUT2D eigenvalue weighted by molar-refractivity contribution is 5.86. The van der Waals surface area contributed by atoms with E-state index in [4.69, 9.17) is 4.74 Å². The van der Waals surface area contributed by atoms with Gasteiger partial charge in [-0.05, 0) is 49.9 Å². The smallest absolute Gasteiger partial charge is 0.226 e. The van der Waals surface area contributed by atoms with E-state index in [2.05, 4.69) is 22.7 Å². The summed E-state index contributed by atoms with van der Waals surface area (Å²) in [5.41, 5.74) is 1.86. The van der Waals surface area contributed by atoms with E-state index in [1.807, 2.05) is 30.5 Å². The summed E-state index contributed by atoms with van der Waals surface area (Å²) in [5.74, 6) is 0.939. The summed E-state index contributed by atoms with van der Waals surface area (Å²) >= 11 is 0. The van der Waals surface area contributed by atoms with Gasteiger partial charge in [0.2, 0.25) is 5.91 Å². The first-order valence-electron chi connectivity index (χ1n) is 9.24. The number of rotatable bonds is 5. The Labute approximate surface area is 166 Å². The summed E-state index contributed by atoms with van der Waals surface area (Å²) in [6.45, 7) is 4.66. The minimum Gasteiger partial charge on any atom is -0.494 e. The van der Waals surface area contributed by atoms with Crippen molar-refractivity contribution in [2.45, 2.75) is 32.7 Å². The molecule has 4 rings (SSSR count). The Hall–Kier alpha value is -2.05. The molecule has 2 fully saturated rings. The molecule has 0 radical (unpaired) electrons. The van der Waals surface area contributed by atoms with Crippen molar-refractivity contribution >= 4 is 18.3 Å². The van der Waals surface area contributed by atoms with Gasteiger partial charge in [-0.3, -0.25) is 4.79 Å². The van der Waals surface area contributed by atoms with Crippen LogP contribution in [0.5, 0.6) is 5.75 Å². The fraction of sp³-hybridized carbons (Fsp3) is 0.500. The molecule has 1 aliphatic heterocycles. The monoisotopic (exact) mass is 390 g/mol. The Kier molecular flexibility index (Phi) is 5.49. The Morgan fingerprint density at radius 3 is 2.81 bits per heavy atom. The molecule has 1 spiro atoms. The van der Waals surface area contributed by atoms with Crippen molar-refractivity contribution in [3.8, 4) is 11.4 Å². The van der Waals surface area contributed by atoms with Gasteiger partial charge in [0.05, 0.1) is 18.7 Å². The maximum atomic E-state index is 12.8. The molecule has 1 aromatic heterocycles. The molecule has 1 aliphatic carbocycles. The molecular weight excluding hydrogens is 364 g/mol. The van der Waals surface area contributed by atoms with Gasteiger partial charge in [-0.25, -0.2) is 4.68 Å². The van der Waals surface area contributed by atoms with Crippen molar-refractivity contribution in [3.63, 3.8) is 0 Å². The van der Waals surface area contributed by atoms with Gasteiger partial charge in [-0.15, -0.1) is 12.4 Å². The lowest BCUT2D eigenvalue weighted by Gasteiger charge is -2.27. The molecule has 1 amide bonds. The van der Waals surface area contributed by atoms with Gasteiger partial charge in [-0.2, -0.15) is 5.10 Å². The summed E-state index contributed by atoms with van der Waals surface area (Å²) in [4.78, 5) is 12.8. The van der Waals surface area contributed by atoms with Crippen LogP contribution in [0.3, 0.4) is 0 Å². The normalized spacial score (nSPS) is 22.7. The predicted molar refractivity (Wildman–Crippen MR) is 106 cm³/mol. The molecule has 2 aromatic rings. The van der Waals surface area contributed by atoms with Crippen LogP contribution in [0.25, 0.3) is 5.69 Å². The summed E-state index contributed by atoms with van der Waals surface area (Å²) in [7, 11) is 1.65. The van der Waals surface area contributed by atoms with Crippen LogP contribution in [0, 0.1) is 10.8 Å². The van der Waals surface area contributed by atoms with Gasteiger partial charge >= 0.3 is 0 Å². The number of halogens is 1. The molecular formula is C20H27ClN4O2. The second-order valence-electron chi connectivity index (χ2n) is 7.69. The van der Waals surface area contributed by atoms with Gasteiger partial charge < -0.3 is 15.4 Å². The van der Waals surface area contributed by atoms with E-state index < -0.39 is 0 Å². The third kappa shape index (κ3) is 3.44. The molecule has 2 N–H and O–H groups in total. The zero-order valence-corrected chi connectivity index (χ0v) is 16.6. The van der Waals surface area contributed by atoms with Crippen LogP contribution in [0.4, 0.5) is 0 Å². The minimum atomic E-state index is -0.215. The standard InChI is InChI=1S/C20H26N4O2.ClH/c1-19(14-20(19)7-9-21-10-8-20)18(25)22-11-15-12-23-24(13-15)16-5-3-4-6-17(16)26-2;/h3-6,12-13,21H,7-11,14H2,1-2H3,(H,22,25);1H. The molecule has 6 nitrogen and oxygen atoms in total. The highest BCUT2D eigenvalue weighted by atomic mass is 35.5. The van der Waals surface area contributed by atoms with Crippen molar-refractivity contribution in [1.29, 1.82) is 0 Å². The number of carbonyl (C=O) groups is 1. The van der Waals surface area contributed by atoms with E-state index in [9.17, 15) is 4.79 Å². The number of carbonyl (C=O) groups excluding carboxylic acids is 1. The van der Waals surface area contributed by atoms with E-state index in [-0.39, 0.29) is 29.1 Å². The number of hydrogen-bond donors (Lipinski definition) is 2. The highest BCUT2D eigenvalue weighted by Crippen LogP contribution is 2.68. The van der Waals surface area contributed by atoms with Gasteiger partial charge in [0.25, 0.3) is 0 Å². The fourth-order valence-corrected chi connectivity index (χ4v) is 4.37. The molecule has 7 heteroatoms. The molecule has 2 heterocycles. The average Bonchev–Trinajstić information content (AvgIpc) is 3.04. The van der Waals surface area contributed by atoms with E-state index in [0.29, 0.717) is 6.54 Å². The van der Waals surface area contributed by atoms with Gasteiger partial charge in [0, 0.05) is 18.3 Å². The number of hydrogen-bond acceptors (Lipinski definition) is 4. The second kappa shape index (κ2) is 7.52. The highest BCUT2D eigenvalue weighted by Gasteiger charge is 2.67. The number of piperidine rings is 1. The van der Waals surface area contributed by atoms with Gasteiger partial charge in [0.1, 0.15) is 11.4 Å². The van der Waals surface area contributed by atoms with E-state index in [1.165, 1.54) is 0 Å². The van der Waals surface area contributed by atoms with E-state index in [1.54, 1.807) is 18.0 Å². The quantitative estimate of drug-likeness (QED) is 0.823.